The van der Waals surface area contributed by atoms with Gasteiger partial charge in [0.05, 0.1) is 11.7 Å². The van der Waals surface area contributed by atoms with Crippen LogP contribution in [0.1, 0.15) is 33.6 Å². The van der Waals surface area contributed by atoms with Gasteiger partial charge in [-0.15, -0.1) is 11.3 Å². The van der Waals surface area contributed by atoms with Gasteiger partial charge in [0.1, 0.15) is 5.01 Å². The Balaban J connectivity index is 1.95. The van der Waals surface area contributed by atoms with Crippen LogP contribution in [-0.4, -0.2) is 4.98 Å². The molecule has 94 valence electrons. The van der Waals surface area contributed by atoms with Crippen LogP contribution in [0.4, 0.5) is 0 Å². The lowest BCUT2D eigenvalue weighted by Crippen LogP contribution is -2.11. The van der Waals surface area contributed by atoms with Crippen LogP contribution in [0.15, 0.2) is 18.2 Å². The molecule has 2 nitrogen and oxygen atoms in total. The minimum atomic E-state index is -0.239. The number of thiazole rings is 1. The largest absolute Gasteiger partial charge is 0.318 e. The topological polar surface area (TPSA) is 38.9 Å². The van der Waals surface area contributed by atoms with E-state index in [-0.39, 0.29) is 6.04 Å². The molecular formula is C13H12Cl2N2S. The highest BCUT2D eigenvalue weighted by Gasteiger charge is 2.21. The summed E-state index contributed by atoms with van der Waals surface area (Å²) < 4.78 is 0. The zero-order valence-electron chi connectivity index (χ0n) is 9.62. The molecule has 1 atom stereocenters. The third-order valence-electron chi connectivity index (χ3n) is 3.12. The van der Waals surface area contributed by atoms with Gasteiger partial charge < -0.3 is 5.73 Å². The SMILES string of the molecule is NC(c1cc(Cl)cc(Cl)c1)c1nc2c(s1)CCC2. The maximum Gasteiger partial charge on any atom is 0.114 e. The second-order valence-corrected chi connectivity index (χ2v) is 6.44. The average Bonchev–Trinajstić information content (AvgIpc) is 2.86. The molecular weight excluding hydrogens is 287 g/mol. The molecule has 0 aliphatic heterocycles. The highest BCUT2D eigenvalue weighted by atomic mass is 35.5. The first kappa shape index (κ1) is 12.4. The van der Waals surface area contributed by atoms with E-state index in [0.717, 1.165) is 23.4 Å². The number of halogens is 2. The Hall–Kier alpha value is -0.610. The van der Waals surface area contributed by atoms with E-state index >= 15 is 0 Å². The fourth-order valence-electron chi connectivity index (χ4n) is 2.24. The Labute approximate surface area is 120 Å². The van der Waals surface area contributed by atoms with Gasteiger partial charge in [-0.25, -0.2) is 4.98 Å². The quantitative estimate of drug-likeness (QED) is 0.910. The van der Waals surface area contributed by atoms with Gasteiger partial charge in [0.15, 0.2) is 0 Å². The molecule has 2 aromatic rings. The van der Waals surface area contributed by atoms with Gasteiger partial charge in [0.2, 0.25) is 0 Å². The molecule has 0 saturated heterocycles. The summed E-state index contributed by atoms with van der Waals surface area (Å²) in [6.07, 6.45) is 3.43. The molecule has 0 spiro atoms. The smallest absolute Gasteiger partial charge is 0.114 e. The molecule has 1 aromatic carbocycles. The minimum absolute atomic E-state index is 0.239. The summed E-state index contributed by atoms with van der Waals surface area (Å²) in [4.78, 5) is 6.02. The van der Waals surface area contributed by atoms with Gasteiger partial charge in [-0.3, -0.25) is 0 Å². The van der Waals surface area contributed by atoms with E-state index in [1.54, 1.807) is 17.4 Å². The predicted molar refractivity (Wildman–Crippen MR) is 76.6 cm³/mol. The Bertz CT molecular complexity index is 553. The third-order valence-corrected chi connectivity index (χ3v) is 4.80. The lowest BCUT2D eigenvalue weighted by atomic mass is 10.1. The molecule has 0 fully saturated rings. The fourth-order valence-corrected chi connectivity index (χ4v) is 3.97. The van der Waals surface area contributed by atoms with Crippen LogP contribution < -0.4 is 5.73 Å². The Morgan fingerprint density at radius 1 is 1.17 bits per heavy atom. The molecule has 0 radical (unpaired) electrons. The molecule has 18 heavy (non-hydrogen) atoms. The molecule has 5 heteroatoms. The first-order chi connectivity index (χ1) is 8.63. The van der Waals surface area contributed by atoms with Crippen molar-refractivity contribution in [1.29, 1.82) is 0 Å². The van der Waals surface area contributed by atoms with Crippen LogP contribution in [0.2, 0.25) is 10.0 Å². The van der Waals surface area contributed by atoms with Crippen molar-refractivity contribution >= 4 is 34.5 Å². The number of aryl methyl sites for hydroxylation is 2. The standard InChI is InChI=1S/C13H12Cl2N2S/c14-8-4-7(5-9(15)6-8)12(16)13-17-10-2-1-3-11(10)18-13/h4-6,12H,1-3,16H2. The zero-order chi connectivity index (χ0) is 12.7. The summed E-state index contributed by atoms with van der Waals surface area (Å²) in [5.74, 6) is 0. The number of aromatic nitrogens is 1. The summed E-state index contributed by atoms with van der Waals surface area (Å²) in [7, 11) is 0. The van der Waals surface area contributed by atoms with Gasteiger partial charge in [-0.05, 0) is 43.0 Å². The van der Waals surface area contributed by atoms with Crippen LogP contribution in [0.3, 0.4) is 0 Å². The molecule has 0 bridgehead atoms. The van der Waals surface area contributed by atoms with Crippen molar-refractivity contribution in [2.24, 2.45) is 5.73 Å². The molecule has 1 aliphatic carbocycles. The van der Waals surface area contributed by atoms with E-state index in [2.05, 4.69) is 4.98 Å². The second kappa shape index (κ2) is 4.82. The summed E-state index contributed by atoms with van der Waals surface area (Å²) in [5, 5.41) is 2.17. The maximum absolute atomic E-state index is 6.25. The monoisotopic (exact) mass is 298 g/mol. The van der Waals surface area contributed by atoms with Gasteiger partial charge in [-0.1, -0.05) is 23.2 Å². The normalized spacial score (nSPS) is 15.7. The second-order valence-electron chi connectivity index (χ2n) is 4.46. The molecule has 0 saturated carbocycles. The van der Waals surface area contributed by atoms with Gasteiger partial charge in [0.25, 0.3) is 0 Å². The predicted octanol–water partition coefficient (Wildman–Crippen LogP) is 3.99. The van der Waals surface area contributed by atoms with E-state index in [1.165, 1.54) is 17.0 Å². The van der Waals surface area contributed by atoms with E-state index in [1.807, 2.05) is 12.1 Å². The van der Waals surface area contributed by atoms with E-state index < -0.39 is 0 Å². The number of hydrogen-bond donors (Lipinski definition) is 1. The highest BCUT2D eigenvalue weighted by Crippen LogP contribution is 2.33. The van der Waals surface area contributed by atoms with Crippen molar-refractivity contribution in [3.8, 4) is 0 Å². The van der Waals surface area contributed by atoms with Gasteiger partial charge in [0, 0.05) is 14.9 Å². The van der Waals surface area contributed by atoms with Crippen LogP contribution in [0.25, 0.3) is 0 Å². The first-order valence-corrected chi connectivity index (χ1v) is 7.41. The summed E-state index contributed by atoms with van der Waals surface area (Å²) >= 11 is 13.7. The molecule has 1 aromatic heterocycles. The number of benzene rings is 1. The Kier molecular flexibility index (Phi) is 3.32. The number of nitrogens with two attached hydrogens (primary N) is 1. The lowest BCUT2D eigenvalue weighted by Gasteiger charge is -2.10. The van der Waals surface area contributed by atoms with Crippen LogP contribution in [0.5, 0.6) is 0 Å². The minimum Gasteiger partial charge on any atom is -0.318 e. The molecule has 0 amide bonds. The van der Waals surface area contributed by atoms with E-state index in [4.69, 9.17) is 28.9 Å². The van der Waals surface area contributed by atoms with E-state index in [0.29, 0.717) is 10.0 Å². The highest BCUT2D eigenvalue weighted by molar-refractivity contribution is 7.11. The summed E-state index contributed by atoms with van der Waals surface area (Å²) in [5.41, 5.74) is 8.38. The number of nitrogens with zero attached hydrogens (tertiary/aromatic N) is 1. The third kappa shape index (κ3) is 2.28. The molecule has 1 aliphatic rings. The summed E-state index contributed by atoms with van der Waals surface area (Å²) in [6.45, 7) is 0. The lowest BCUT2D eigenvalue weighted by molar-refractivity contribution is 0.834. The van der Waals surface area contributed by atoms with Gasteiger partial charge >= 0.3 is 0 Å². The number of fused-ring (bicyclic) bond motifs is 1. The average molecular weight is 299 g/mol. The Morgan fingerprint density at radius 3 is 2.56 bits per heavy atom. The number of rotatable bonds is 2. The Morgan fingerprint density at radius 2 is 1.89 bits per heavy atom. The van der Waals surface area contributed by atoms with Gasteiger partial charge in [-0.2, -0.15) is 0 Å². The fraction of sp³-hybridized carbons (Fsp3) is 0.308. The molecule has 3 rings (SSSR count). The zero-order valence-corrected chi connectivity index (χ0v) is 11.9. The molecule has 1 heterocycles. The van der Waals surface area contributed by atoms with Crippen molar-refractivity contribution < 1.29 is 0 Å². The van der Waals surface area contributed by atoms with E-state index in [9.17, 15) is 0 Å². The number of hydrogen-bond acceptors (Lipinski definition) is 3. The van der Waals surface area contributed by atoms with Crippen molar-refractivity contribution in [2.45, 2.75) is 25.3 Å². The molecule has 2 N–H and O–H groups in total. The maximum atomic E-state index is 6.25. The van der Waals surface area contributed by atoms with Crippen molar-refractivity contribution in [3.63, 3.8) is 0 Å². The molecule has 1 unspecified atom stereocenters. The first-order valence-electron chi connectivity index (χ1n) is 5.83. The van der Waals surface area contributed by atoms with Crippen molar-refractivity contribution in [1.82, 2.24) is 4.98 Å². The van der Waals surface area contributed by atoms with Crippen LogP contribution in [0, 0.1) is 0 Å². The van der Waals surface area contributed by atoms with Crippen LogP contribution in [-0.2, 0) is 12.8 Å². The summed E-state index contributed by atoms with van der Waals surface area (Å²) in [6, 6.07) is 5.17. The van der Waals surface area contributed by atoms with Crippen molar-refractivity contribution in [3.05, 3.63) is 49.4 Å². The van der Waals surface area contributed by atoms with Crippen molar-refractivity contribution in [2.75, 3.05) is 0 Å². The van der Waals surface area contributed by atoms with Crippen LogP contribution >= 0.6 is 34.5 Å².